The molecule has 0 bridgehead atoms. The lowest BCUT2D eigenvalue weighted by Gasteiger charge is -2.27. The molecule has 15 heteroatoms. The molecule has 330 valence electrons. The fourth-order valence-corrected chi connectivity index (χ4v) is 7.45. The summed E-state index contributed by atoms with van der Waals surface area (Å²) in [5.74, 6) is 1.47. The van der Waals surface area contributed by atoms with Crippen LogP contribution in [0.1, 0.15) is 22.3 Å². The van der Waals surface area contributed by atoms with Crippen LogP contribution in [0, 0.1) is 0 Å². The molecule has 3 heterocycles. The predicted molar refractivity (Wildman–Crippen MR) is 217 cm³/mol. The highest BCUT2D eigenvalue weighted by molar-refractivity contribution is 5.27. The minimum Gasteiger partial charge on any atom is -0.497 e. The van der Waals surface area contributed by atoms with Crippen molar-refractivity contribution in [3.05, 3.63) is 131 Å². The number of methoxy groups -OCH3 is 3. The van der Waals surface area contributed by atoms with Gasteiger partial charge < -0.3 is 72.2 Å². The van der Waals surface area contributed by atoms with E-state index in [4.69, 9.17) is 56.8 Å². The first kappa shape index (κ1) is 45.0. The molecular formula is C46H56O15. The van der Waals surface area contributed by atoms with E-state index >= 15 is 0 Å². The van der Waals surface area contributed by atoms with E-state index in [0.717, 1.165) is 33.8 Å². The molecule has 0 aliphatic carbocycles. The maximum Gasteiger partial charge on any atom is 0.187 e. The van der Waals surface area contributed by atoms with Crippen molar-refractivity contribution in [2.45, 2.75) is 100 Å². The van der Waals surface area contributed by atoms with Crippen LogP contribution in [0.5, 0.6) is 11.5 Å². The molecule has 0 unspecified atom stereocenters. The largest absolute Gasteiger partial charge is 0.497 e. The van der Waals surface area contributed by atoms with Crippen LogP contribution >= 0.6 is 0 Å². The molecule has 7 rings (SSSR count). The lowest BCUT2D eigenvalue weighted by molar-refractivity contribution is -0.228. The summed E-state index contributed by atoms with van der Waals surface area (Å²) in [6.07, 6.45) is -12.3. The molecule has 15 nitrogen and oxygen atoms in total. The van der Waals surface area contributed by atoms with E-state index in [-0.39, 0.29) is 39.6 Å². The summed E-state index contributed by atoms with van der Waals surface area (Å²) in [5.41, 5.74) is 3.69. The van der Waals surface area contributed by atoms with Gasteiger partial charge in [-0.2, -0.15) is 0 Å². The van der Waals surface area contributed by atoms with Crippen molar-refractivity contribution in [3.63, 3.8) is 0 Å². The SMILES string of the molecule is COc1ccc(COC[C@H]2O[C@H](OC[C@H]3O[C@H](OC)[C@@H](O)[C@@H]3O[C@H]3O[C@H](COCc4ccc(OC)cc4)[C@@H](OCc4ccccc4)[C@@H]3O)[C@@H](O)[C@@H]2OCc2ccccc2)cc1. The van der Waals surface area contributed by atoms with E-state index in [2.05, 4.69) is 0 Å². The van der Waals surface area contributed by atoms with Gasteiger partial charge in [0.2, 0.25) is 0 Å². The number of aliphatic hydroxyl groups is 3. The molecule has 3 fully saturated rings. The average molecular weight is 849 g/mol. The van der Waals surface area contributed by atoms with Crippen molar-refractivity contribution >= 4 is 0 Å². The first-order valence-electron chi connectivity index (χ1n) is 20.4. The van der Waals surface area contributed by atoms with Gasteiger partial charge in [0.05, 0.1) is 60.5 Å². The lowest BCUT2D eigenvalue weighted by Crippen LogP contribution is -2.45. The molecule has 4 aromatic rings. The second-order valence-corrected chi connectivity index (χ2v) is 15.0. The maximum atomic E-state index is 11.6. The molecule has 3 aliphatic heterocycles. The summed E-state index contributed by atoms with van der Waals surface area (Å²) in [7, 11) is 4.61. The van der Waals surface area contributed by atoms with Crippen LogP contribution in [0.25, 0.3) is 0 Å². The van der Waals surface area contributed by atoms with Gasteiger partial charge in [0, 0.05) is 7.11 Å². The van der Waals surface area contributed by atoms with Crippen LogP contribution in [-0.4, -0.2) is 130 Å². The van der Waals surface area contributed by atoms with Crippen LogP contribution in [0.2, 0.25) is 0 Å². The minimum absolute atomic E-state index is 0.0781. The molecule has 0 radical (unpaired) electrons. The monoisotopic (exact) mass is 848 g/mol. The van der Waals surface area contributed by atoms with Crippen LogP contribution in [-0.2, 0) is 73.8 Å². The lowest BCUT2D eigenvalue weighted by atomic mass is 10.1. The maximum absolute atomic E-state index is 11.6. The van der Waals surface area contributed by atoms with Gasteiger partial charge in [-0.15, -0.1) is 0 Å². The first-order valence-corrected chi connectivity index (χ1v) is 20.4. The number of aliphatic hydroxyl groups excluding tert-OH is 3. The molecule has 0 aromatic heterocycles. The van der Waals surface area contributed by atoms with Crippen molar-refractivity contribution in [2.75, 3.05) is 41.2 Å². The quantitative estimate of drug-likeness (QED) is 0.104. The molecule has 3 aliphatic rings. The minimum atomic E-state index is -1.29. The highest BCUT2D eigenvalue weighted by Gasteiger charge is 2.53. The highest BCUT2D eigenvalue weighted by Crippen LogP contribution is 2.34. The zero-order valence-corrected chi connectivity index (χ0v) is 34.5. The Balaban J connectivity index is 0.990. The Labute approximate surface area is 355 Å². The number of rotatable bonds is 22. The Morgan fingerprint density at radius 3 is 1.31 bits per heavy atom. The molecule has 4 aromatic carbocycles. The van der Waals surface area contributed by atoms with Crippen molar-refractivity contribution in [3.8, 4) is 11.5 Å². The zero-order chi connectivity index (χ0) is 42.6. The Morgan fingerprint density at radius 2 is 0.836 bits per heavy atom. The summed E-state index contributed by atoms with van der Waals surface area (Å²) in [4.78, 5) is 0. The zero-order valence-electron chi connectivity index (χ0n) is 34.5. The summed E-state index contributed by atoms with van der Waals surface area (Å²) < 4.78 is 71.4. The molecule has 3 N–H and O–H groups in total. The summed E-state index contributed by atoms with van der Waals surface area (Å²) in [5, 5.41) is 34.4. The van der Waals surface area contributed by atoms with Crippen molar-refractivity contribution in [1.29, 1.82) is 0 Å². The van der Waals surface area contributed by atoms with Gasteiger partial charge >= 0.3 is 0 Å². The Kier molecular flexibility index (Phi) is 16.5. The standard InChI is InChI=1S/C46H56O15/c1-50-33-18-14-31(15-19-33)22-53-26-35-41(55-24-29-10-6-4-7-11-29)38(47)45(59-35)57-28-37-43(40(49)44(52-3)58-37)61-46-39(48)42(56-25-30-12-8-5-9-13-30)36(60-46)27-54-23-32-16-20-34(51-2)21-17-32/h4-21,35-49H,22-28H2,1-3H3/t35-,36-,37-,38+,39+,40+,41-,42-,43-,44+,45+,46-/m1/s1. The number of benzene rings is 4. The van der Waals surface area contributed by atoms with Crippen LogP contribution in [0.15, 0.2) is 109 Å². The van der Waals surface area contributed by atoms with Crippen molar-refractivity contribution in [2.24, 2.45) is 0 Å². The van der Waals surface area contributed by atoms with E-state index < -0.39 is 73.8 Å². The molecule has 0 spiro atoms. The molecule has 61 heavy (non-hydrogen) atoms. The topological polar surface area (TPSA) is 171 Å². The Morgan fingerprint density at radius 1 is 0.426 bits per heavy atom. The van der Waals surface area contributed by atoms with Gasteiger partial charge in [0.1, 0.15) is 66.4 Å². The molecular weight excluding hydrogens is 792 g/mol. The fourth-order valence-electron chi connectivity index (χ4n) is 7.45. The fraction of sp³-hybridized carbons (Fsp3) is 0.478. The number of hydrogen-bond acceptors (Lipinski definition) is 15. The van der Waals surface area contributed by atoms with Crippen molar-refractivity contribution < 1.29 is 72.2 Å². The van der Waals surface area contributed by atoms with Gasteiger partial charge in [-0.3, -0.25) is 0 Å². The van der Waals surface area contributed by atoms with Crippen LogP contribution in [0.4, 0.5) is 0 Å². The molecule has 3 saturated heterocycles. The van der Waals surface area contributed by atoms with Gasteiger partial charge in [-0.1, -0.05) is 84.9 Å². The predicted octanol–water partition coefficient (Wildman–Crippen LogP) is 3.91. The Hall–Kier alpha value is -4.04. The van der Waals surface area contributed by atoms with Crippen LogP contribution < -0.4 is 9.47 Å². The van der Waals surface area contributed by atoms with E-state index in [1.165, 1.54) is 7.11 Å². The van der Waals surface area contributed by atoms with Gasteiger partial charge in [-0.05, 0) is 46.5 Å². The van der Waals surface area contributed by atoms with E-state index in [9.17, 15) is 15.3 Å². The molecule has 0 saturated carbocycles. The molecule has 12 atom stereocenters. The second kappa shape index (κ2) is 22.4. The van der Waals surface area contributed by atoms with E-state index in [0.29, 0.717) is 6.61 Å². The highest BCUT2D eigenvalue weighted by atomic mass is 16.8. The summed E-state index contributed by atoms with van der Waals surface area (Å²) in [6, 6.07) is 34.2. The van der Waals surface area contributed by atoms with Crippen molar-refractivity contribution in [1.82, 2.24) is 0 Å². The third-order valence-corrected chi connectivity index (χ3v) is 10.8. The normalized spacial score (nSPS) is 29.9. The van der Waals surface area contributed by atoms with E-state index in [1.807, 2.05) is 109 Å². The summed E-state index contributed by atoms with van der Waals surface area (Å²) >= 11 is 0. The smallest absolute Gasteiger partial charge is 0.187 e. The second-order valence-electron chi connectivity index (χ2n) is 15.0. The van der Waals surface area contributed by atoms with E-state index in [1.54, 1.807) is 14.2 Å². The number of ether oxygens (including phenoxy) is 12. The third-order valence-electron chi connectivity index (χ3n) is 10.8. The van der Waals surface area contributed by atoms with Crippen LogP contribution in [0.3, 0.4) is 0 Å². The Bertz CT molecular complexity index is 1850. The number of hydrogen-bond donors (Lipinski definition) is 3. The van der Waals surface area contributed by atoms with Gasteiger partial charge in [0.25, 0.3) is 0 Å². The average Bonchev–Trinajstić information content (AvgIpc) is 3.89. The van der Waals surface area contributed by atoms with Gasteiger partial charge in [0.15, 0.2) is 18.9 Å². The summed E-state index contributed by atoms with van der Waals surface area (Å²) in [6.45, 7) is 0.999. The third kappa shape index (κ3) is 11.9. The molecule has 0 amide bonds. The first-order chi connectivity index (χ1) is 29.8. The van der Waals surface area contributed by atoms with Gasteiger partial charge in [-0.25, -0.2) is 0 Å².